The number of benzene rings is 2. The first kappa shape index (κ1) is 36.1. The fourth-order valence-corrected chi connectivity index (χ4v) is 5.43. The number of anilines is 3. The fraction of sp³-hybridized carbons (Fsp3) is 0.194. The van der Waals surface area contributed by atoms with Crippen LogP contribution in [0.1, 0.15) is 37.5 Å². The summed E-state index contributed by atoms with van der Waals surface area (Å²) in [5.74, 6) is 0.628. The molecule has 280 valence electrons. The van der Waals surface area contributed by atoms with E-state index < -0.39 is 17.5 Å². The van der Waals surface area contributed by atoms with E-state index in [2.05, 4.69) is 45.9 Å². The zero-order valence-electron chi connectivity index (χ0n) is 29.8. The van der Waals surface area contributed by atoms with Crippen LogP contribution in [0.25, 0.3) is 45.2 Å². The van der Waals surface area contributed by atoms with Gasteiger partial charge in [0.05, 0.1) is 31.3 Å². The van der Waals surface area contributed by atoms with Crippen LogP contribution >= 0.6 is 0 Å². The summed E-state index contributed by atoms with van der Waals surface area (Å²) >= 11 is 0. The third-order valence-electron chi connectivity index (χ3n) is 7.86. The zero-order chi connectivity index (χ0) is 38.7. The SMILES string of the molecule is CC(C)(C)OC(=O)Nc1ccc(Cn2nnc3c(-c4ccco4)nc(N)nc32)cc1F.NCc1ccc(Cn2nnc3c(-c4ccco4)nc(N)nc32)cc1. The monoisotopic (exact) mass is 746 g/mol. The van der Waals surface area contributed by atoms with Crippen LogP contribution in [-0.4, -0.2) is 61.6 Å². The molecule has 0 spiro atoms. The second kappa shape index (κ2) is 15.0. The number of hydrogen-bond acceptors (Lipinski definition) is 15. The Hall–Kier alpha value is -7.28. The first-order valence-electron chi connectivity index (χ1n) is 16.8. The van der Waals surface area contributed by atoms with Gasteiger partial charge in [-0.3, -0.25) is 5.32 Å². The third kappa shape index (κ3) is 8.20. The Morgan fingerprint density at radius 1 is 0.764 bits per heavy atom. The molecule has 8 aromatic rings. The standard InChI is InChI=1S/C20H20FN7O3.C16H15N7O/c1-20(2,3)31-19(29)23-13-7-6-11(9-12(13)21)10-28-17-16(26-27-28)15(24-18(22)25-17)14-5-4-8-30-14;17-8-10-3-5-11(6-4-10)9-23-15-14(21-22-23)13(19-16(18)20-15)12-2-1-7-24-12/h4-9H,10H2,1-3H3,(H,23,29)(H2,22,24,25);1-7H,8-9,17H2,(H2,18,19,20). The van der Waals surface area contributed by atoms with Crippen molar-refractivity contribution < 1.29 is 22.8 Å². The third-order valence-corrected chi connectivity index (χ3v) is 7.86. The van der Waals surface area contributed by atoms with E-state index in [0.717, 1.165) is 11.1 Å². The molecule has 0 unspecified atom stereocenters. The first-order chi connectivity index (χ1) is 26.4. The zero-order valence-corrected chi connectivity index (χ0v) is 29.8. The molecule has 0 atom stereocenters. The highest BCUT2D eigenvalue weighted by Crippen LogP contribution is 2.27. The summed E-state index contributed by atoms with van der Waals surface area (Å²) in [7, 11) is 0. The van der Waals surface area contributed by atoms with Crippen LogP contribution in [0.4, 0.5) is 26.8 Å². The number of nitrogens with two attached hydrogens (primary N) is 3. The van der Waals surface area contributed by atoms with Gasteiger partial charge in [-0.2, -0.15) is 9.97 Å². The molecular weight excluding hydrogens is 711 g/mol. The number of furan rings is 2. The minimum absolute atomic E-state index is 0.00752. The smallest absolute Gasteiger partial charge is 0.412 e. The maximum atomic E-state index is 14.5. The number of hydrogen-bond donors (Lipinski definition) is 4. The number of aromatic nitrogens is 10. The van der Waals surface area contributed by atoms with E-state index in [1.807, 2.05) is 24.3 Å². The molecule has 7 N–H and O–H groups in total. The number of carbonyl (C=O) groups excluding carboxylic acids is 1. The minimum atomic E-state index is -0.737. The van der Waals surface area contributed by atoms with E-state index in [0.29, 0.717) is 63.9 Å². The van der Waals surface area contributed by atoms with Crippen molar-refractivity contribution in [2.45, 2.75) is 46.0 Å². The fourth-order valence-electron chi connectivity index (χ4n) is 5.43. The van der Waals surface area contributed by atoms with Crippen molar-refractivity contribution in [3.8, 4) is 22.9 Å². The average Bonchev–Trinajstić information content (AvgIpc) is 3.98. The predicted octanol–water partition coefficient (Wildman–Crippen LogP) is 5.17. The molecule has 6 aromatic heterocycles. The lowest BCUT2D eigenvalue weighted by Crippen LogP contribution is -2.27. The van der Waals surface area contributed by atoms with E-state index >= 15 is 0 Å². The quantitative estimate of drug-likeness (QED) is 0.156. The van der Waals surface area contributed by atoms with Crippen LogP contribution < -0.4 is 22.5 Å². The van der Waals surface area contributed by atoms with Crippen LogP contribution in [0.5, 0.6) is 0 Å². The molecule has 0 aliphatic rings. The van der Waals surface area contributed by atoms with Crippen molar-refractivity contribution >= 4 is 46.0 Å². The molecule has 0 aliphatic carbocycles. The molecule has 0 aliphatic heterocycles. The highest BCUT2D eigenvalue weighted by Gasteiger charge is 2.20. The number of nitrogen functional groups attached to an aromatic ring is 2. The molecule has 19 heteroatoms. The summed E-state index contributed by atoms with van der Waals surface area (Å²) in [4.78, 5) is 28.8. The normalized spacial score (nSPS) is 11.4. The summed E-state index contributed by atoms with van der Waals surface area (Å²) in [6.45, 7) is 6.39. The molecule has 0 saturated carbocycles. The number of amides is 1. The summed E-state index contributed by atoms with van der Waals surface area (Å²) in [6, 6.07) is 19.4. The van der Waals surface area contributed by atoms with Gasteiger partial charge < -0.3 is 30.8 Å². The molecule has 18 nitrogen and oxygen atoms in total. The van der Waals surface area contributed by atoms with Crippen molar-refractivity contribution in [3.63, 3.8) is 0 Å². The van der Waals surface area contributed by atoms with Crippen molar-refractivity contribution in [2.75, 3.05) is 16.8 Å². The van der Waals surface area contributed by atoms with E-state index in [-0.39, 0.29) is 24.1 Å². The second-order valence-electron chi connectivity index (χ2n) is 13.1. The van der Waals surface area contributed by atoms with Gasteiger partial charge in [0.25, 0.3) is 0 Å². The maximum absolute atomic E-state index is 14.5. The Labute approximate surface area is 311 Å². The molecule has 55 heavy (non-hydrogen) atoms. The van der Waals surface area contributed by atoms with E-state index in [4.69, 9.17) is 30.8 Å². The first-order valence-corrected chi connectivity index (χ1v) is 16.8. The Bertz CT molecular complexity index is 2580. The van der Waals surface area contributed by atoms with Gasteiger partial charge in [0.1, 0.15) is 22.8 Å². The van der Waals surface area contributed by atoms with Crippen molar-refractivity contribution in [1.82, 2.24) is 49.9 Å². The van der Waals surface area contributed by atoms with Gasteiger partial charge in [-0.15, -0.1) is 10.2 Å². The lowest BCUT2D eigenvalue weighted by Gasteiger charge is -2.19. The number of carbonyl (C=O) groups is 1. The van der Waals surface area contributed by atoms with Crippen molar-refractivity contribution in [1.29, 1.82) is 0 Å². The summed E-state index contributed by atoms with van der Waals surface area (Å²) < 4.78 is 33.6. The van der Waals surface area contributed by atoms with Gasteiger partial charge in [-0.1, -0.05) is 40.8 Å². The molecule has 0 bridgehead atoms. The largest absolute Gasteiger partial charge is 0.463 e. The van der Waals surface area contributed by atoms with Gasteiger partial charge in [-0.05, 0) is 73.9 Å². The minimum Gasteiger partial charge on any atom is -0.463 e. The topological polar surface area (TPSA) is 256 Å². The number of nitrogens with zero attached hydrogens (tertiary/aromatic N) is 10. The van der Waals surface area contributed by atoms with Gasteiger partial charge in [0.2, 0.25) is 11.9 Å². The molecular formula is C36H35FN14O4. The number of rotatable bonds is 8. The van der Waals surface area contributed by atoms with Crippen LogP contribution in [0, 0.1) is 5.82 Å². The number of fused-ring (bicyclic) bond motifs is 2. The number of nitrogens with one attached hydrogen (secondary N) is 1. The molecule has 0 fully saturated rings. The summed E-state index contributed by atoms with van der Waals surface area (Å²) in [5, 5.41) is 19.0. The number of halogens is 1. The summed E-state index contributed by atoms with van der Waals surface area (Å²) in [6.07, 6.45) is 2.35. The van der Waals surface area contributed by atoms with Gasteiger partial charge >= 0.3 is 6.09 Å². The Balaban J connectivity index is 0.000000174. The molecule has 6 heterocycles. The van der Waals surface area contributed by atoms with Crippen molar-refractivity contribution in [3.05, 3.63) is 102 Å². The van der Waals surface area contributed by atoms with Crippen LogP contribution in [0.2, 0.25) is 0 Å². The van der Waals surface area contributed by atoms with E-state index in [9.17, 15) is 9.18 Å². The summed E-state index contributed by atoms with van der Waals surface area (Å²) in [5.41, 5.74) is 22.2. The predicted molar refractivity (Wildman–Crippen MR) is 199 cm³/mol. The average molecular weight is 747 g/mol. The highest BCUT2D eigenvalue weighted by molar-refractivity contribution is 5.87. The van der Waals surface area contributed by atoms with Crippen LogP contribution in [0.3, 0.4) is 0 Å². The van der Waals surface area contributed by atoms with E-state index in [1.165, 1.54) is 23.1 Å². The van der Waals surface area contributed by atoms with Crippen molar-refractivity contribution in [2.24, 2.45) is 5.73 Å². The molecule has 8 rings (SSSR count). The van der Waals surface area contributed by atoms with Gasteiger partial charge in [0.15, 0.2) is 33.8 Å². The maximum Gasteiger partial charge on any atom is 0.412 e. The Morgan fingerprint density at radius 2 is 1.27 bits per heavy atom. The Kier molecular flexibility index (Phi) is 9.84. The molecule has 0 saturated heterocycles. The van der Waals surface area contributed by atoms with Gasteiger partial charge in [0, 0.05) is 6.54 Å². The Morgan fingerprint density at radius 3 is 1.75 bits per heavy atom. The van der Waals surface area contributed by atoms with Crippen LogP contribution in [0.15, 0.2) is 88.1 Å². The lowest BCUT2D eigenvalue weighted by atomic mass is 10.1. The second-order valence-corrected chi connectivity index (χ2v) is 13.1. The molecule has 1 amide bonds. The van der Waals surface area contributed by atoms with Crippen LogP contribution in [-0.2, 0) is 24.4 Å². The lowest BCUT2D eigenvalue weighted by molar-refractivity contribution is 0.0635. The molecule has 0 radical (unpaired) electrons. The molecule has 2 aromatic carbocycles. The highest BCUT2D eigenvalue weighted by atomic mass is 19.1. The van der Waals surface area contributed by atoms with Gasteiger partial charge in [-0.25, -0.2) is 28.5 Å². The van der Waals surface area contributed by atoms with E-state index in [1.54, 1.807) is 62.0 Å². The number of ether oxygens (including phenoxy) is 1.